The predicted molar refractivity (Wildman–Crippen MR) is 166 cm³/mol. The molecule has 4 heterocycles. The van der Waals surface area contributed by atoms with Gasteiger partial charge >= 0.3 is 12.1 Å². The van der Waals surface area contributed by atoms with E-state index >= 15 is 0 Å². The van der Waals surface area contributed by atoms with Gasteiger partial charge in [-0.25, -0.2) is 9.78 Å². The maximum Gasteiger partial charge on any atom is 0.416 e. The number of anilines is 1. The largest absolute Gasteiger partial charge is 0.496 e. The molecule has 11 nitrogen and oxygen atoms in total. The normalized spacial score (nSPS) is 18.6. The lowest BCUT2D eigenvalue weighted by molar-refractivity contribution is -0.137. The van der Waals surface area contributed by atoms with E-state index in [1.54, 1.807) is 12.1 Å². The summed E-state index contributed by atoms with van der Waals surface area (Å²) in [4.78, 5) is 25.9. The average Bonchev–Trinajstić information content (AvgIpc) is 3.38. The maximum atomic E-state index is 13.1. The van der Waals surface area contributed by atoms with Crippen molar-refractivity contribution in [1.82, 2.24) is 19.4 Å². The first kappa shape index (κ1) is 32.4. The standard InChI is InChI=1S/C33H36F3N5O6/c1-20-16-40(28-5-4-6-30(37-28)47-19-21-7-8-23(33(34,35)36)15-26(21)44-2)11-10-39(20)18-29-38-31-25(41(29)17-24-9-12-46-24)13-22(32(42)43)14-27(31)45-3/h4-8,13-15,20,24H,9-12,16-19H2,1-3H3,(H,42,43)/t20-,24-/m0/s1. The van der Waals surface area contributed by atoms with E-state index in [2.05, 4.69) is 26.3 Å². The summed E-state index contributed by atoms with van der Waals surface area (Å²) in [5.74, 6) is 1.36. The monoisotopic (exact) mass is 655 g/mol. The van der Waals surface area contributed by atoms with Crippen molar-refractivity contribution in [2.24, 2.45) is 0 Å². The molecule has 0 spiro atoms. The van der Waals surface area contributed by atoms with Gasteiger partial charge in [0.05, 0.1) is 50.1 Å². The van der Waals surface area contributed by atoms with Crippen molar-refractivity contribution in [2.45, 2.75) is 51.4 Å². The summed E-state index contributed by atoms with van der Waals surface area (Å²) in [5.41, 5.74) is 1.14. The molecule has 4 aromatic rings. The second-order valence-electron chi connectivity index (χ2n) is 11.7. The summed E-state index contributed by atoms with van der Waals surface area (Å²) < 4.78 is 63.7. The molecule has 0 aliphatic carbocycles. The number of carboxylic acid groups (broad SMARTS) is 1. The number of aromatic carboxylic acids is 1. The Kier molecular flexibility index (Phi) is 9.15. The first-order chi connectivity index (χ1) is 22.5. The Bertz CT molecular complexity index is 1760. The number of methoxy groups -OCH3 is 2. The fourth-order valence-corrected chi connectivity index (χ4v) is 5.95. The number of piperazine rings is 1. The van der Waals surface area contributed by atoms with Crippen molar-refractivity contribution in [1.29, 1.82) is 0 Å². The van der Waals surface area contributed by atoms with Gasteiger partial charge in [0, 0.05) is 43.9 Å². The van der Waals surface area contributed by atoms with Gasteiger partial charge in [-0.05, 0) is 43.7 Å². The summed E-state index contributed by atoms with van der Waals surface area (Å²) in [6.45, 7) is 6.04. The number of fused-ring (bicyclic) bond motifs is 1. The lowest BCUT2D eigenvalue weighted by Crippen LogP contribution is -2.52. The van der Waals surface area contributed by atoms with E-state index in [4.69, 9.17) is 23.9 Å². The van der Waals surface area contributed by atoms with Crippen molar-refractivity contribution in [3.05, 3.63) is 71.0 Å². The third kappa shape index (κ3) is 6.93. The average molecular weight is 656 g/mol. The second-order valence-corrected chi connectivity index (χ2v) is 11.7. The Balaban J connectivity index is 1.15. The number of alkyl halides is 3. The van der Waals surface area contributed by atoms with Crippen LogP contribution in [-0.2, 0) is 30.6 Å². The first-order valence-corrected chi connectivity index (χ1v) is 15.3. The molecule has 2 aliphatic heterocycles. The SMILES string of the molecule is COc1cc(C(F)(F)F)ccc1COc1cccc(N2CCN(Cc3nc4c(OC)cc(C(=O)O)cc4n3C[C@@H]3CCO3)[C@@H](C)C2)n1. The van der Waals surface area contributed by atoms with E-state index < -0.39 is 17.7 Å². The van der Waals surface area contributed by atoms with Crippen molar-refractivity contribution < 1.29 is 42.0 Å². The Hall–Kier alpha value is -4.56. The molecule has 2 atom stereocenters. The summed E-state index contributed by atoms with van der Waals surface area (Å²) >= 11 is 0. The molecule has 0 radical (unpaired) electrons. The smallest absolute Gasteiger partial charge is 0.416 e. The van der Waals surface area contributed by atoms with E-state index in [0.29, 0.717) is 61.0 Å². The Morgan fingerprint density at radius 1 is 1.06 bits per heavy atom. The van der Waals surface area contributed by atoms with Crippen LogP contribution in [-0.4, -0.2) is 83.1 Å². The number of halogens is 3. The van der Waals surface area contributed by atoms with Crippen molar-refractivity contribution >= 4 is 22.8 Å². The highest BCUT2D eigenvalue weighted by molar-refractivity contribution is 5.95. The van der Waals surface area contributed by atoms with Crippen molar-refractivity contribution in [3.63, 3.8) is 0 Å². The van der Waals surface area contributed by atoms with Crippen LogP contribution >= 0.6 is 0 Å². The van der Waals surface area contributed by atoms with Gasteiger partial charge in [0.1, 0.15) is 35.3 Å². The number of imidazole rings is 1. The van der Waals surface area contributed by atoms with Gasteiger partial charge in [0.15, 0.2) is 0 Å². The summed E-state index contributed by atoms with van der Waals surface area (Å²) in [7, 11) is 2.83. The zero-order valence-corrected chi connectivity index (χ0v) is 26.3. The number of ether oxygens (including phenoxy) is 4. The molecule has 2 aromatic heterocycles. The van der Waals surface area contributed by atoms with E-state index in [9.17, 15) is 23.1 Å². The van der Waals surface area contributed by atoms with Crippen LogP contribution < -0.4 is 19.1 Å². The van der Waals surface area contributed by atoms with E-state index in [1.165, 1.54) is 26.4 Å². The number of carboxylic acids is 1. The molecule has 0 unspecified atom stereocenters. The molecule has 0 saturated carbocycles. The number of carbonyl (C=O) groups is 1. The third-order valence-electron chi connectivity index (χ3n) is 8.68. The molecule has 0 bridgehead atoms. The van der Waals surface area contributed by atoms with Crippen LogP contribution in [0.3, 0.4) is 0 Å². The number of benzene rings is 2. The van der Waals surface area contributed by atoms with Crippen LogP contribution in [0.15, 0.2) is 48.5 Å². The molecular formula is C33H36F3N5O6. The molecule has 2 aromatic carbocycles. The fraction of sp³-hybridized carbons (Fsp3) is 0.424. The minimum absolute atomic E-state index is 0.00636. The van der Waals surface area contributed by atoms with Gasteiger partial charge in [0.25, 0.3) is 0 Å². The van der Waals surface area contributed by atoms with Gasteiger partial charge in [-0.3, -0.25) is 4.90 Å². The first-order valence-electron chi connectivity index (χ1n) is 15.3. The van der Waals surface area contributed by atoms with Crippen LogP contribution in [0.1, 0.15) is 40.7 Å². The van der Waals surface area contributed by atoms with Crippen LogP contribution in [0, 0.1) is 0 Å². The third-order valence-corrected chi connectivity index (χ3v) is 8.68. The van der Waals surface area contributed by atoms with Gasteiger partial charge in [0.2, 0.25) is 5.88 Å². The highest BCUT2D eigenvalue weighted by Gasteiger charge is 2.32. The highest BCUT2D eigenvalue weighted by Crippen LogP contribution is 2.34. The fourth-order valence-electron chi connectivity index (χ4n) is 5.95. The molecule has 2 fully saturated rings. The minimum Gasteiger partial charge on any atom is -0.496 e. The van der Waals surface area contributed by atoms with E-state index in [-0.39, 0.29) is 30.1 Å². The molecule has 0 amide bonds. The molecule has 250 valence electrons. The zero-order valence-electron chi connectivity index (χ0n) is 26.3. The van der Waals surface area contributed by atoms with Crippen LogP contribution in [0.2, 0.25) is 0 Å². The topological polar surface area (TPSA) is 111 Å². The van der Waals surface area contributed by atoms with Crippen LogP contribution in [0.5, 0.6) is 17.4 Å². The van der Waals surface area contributed by atoms with Gasteiger partial charge in [-0.1, -0.05) is 12.1 Å². The Morgan fingerprint density at radius 3 is 2.51 bits per heavy atom. The quantitative estimate of drug-likeness (QED) is 0.230. The summed E-state index contributed by atoms with van der Waals surface area (Å²) in [5, 5.41) is 9.69. The lowest BCUT2D eigenvalue weighted by Gasteiger charge is -2.40. The molecule has 6 rings (SSSR count). The predicted octanol–water partition coefficient (Wildman–Crippen LogP) is 5.24. The minimum atomic E-state index is -4.47. The van der Waals surface area contributed by atoms with E-state index in [1.807, 2.05) is 12.1 Å². The maximum absolute atomic E-state index is 13.1. The molecule has 2 saturated heterocycles. The molecule has 14 heteroatoms. The Labute approximate surface area is 269 Å². The number of aromatic nitrogens is 3. The highest BCUT2D eigenvalue weighted by atomic mass is 19.4. The van der Waals surface area contributed by atoms with Crippen molar-refractivity contribution in [2.75, 3.05) is 45.4 Å². The zero-order chi connectivity index (χ0) is 33.3. The van der Waals surface area contributed by atoms with Gasteiger partial charge in [-0.2, -0.15) is 18.2 Å². The molecule has 2 aliphatic rings. The number of rotatable bonds is 11. The summed E-state index contributed by atoms with van der Waals surface area (Å²) in [6, 6.07) is 12.0. The number of hydrogen-bond acceptors (Lipinski definition) is 9. The van der Waals surface area contributed by atoms with Gasteiger partial charge in [-0.15, -0.1) is 0 Å². The number of nitrogens with zero attached hydrogens (tertiary/aromatic N) is 5. The molecule has 1 N–H and O–H groups in total. The second kappa shape index (κ2) is 13.3. The van der Waals surface area contributed by atoms with Crippen molar-refractivity contribution in [3.8, 4) is 17.4 Å². The van der Waals surface area contributed by atoms with Crippen LogP contribution in [0.25, 0.3) is 11.0 Å². The lowest BCUT2D eigenvalue weighted by atomic mass is 10.1. The Morgan fingerprint density at radius 2 is 1.85 bits per heavy atom. The molecule has 47 heavy (non-hydrogen) atoms. The van der Waals surface area contributed by atoms with Gasteiger partial charge < -0.3 is 33.5 Å². The molecular weight excluding hydrogens is 619 g/mol. The summed E-state index contributed by atoms with van der Waals surface area (Å²) in [6.07, 6.45) is -3.50. The van der Waals surface area contributed by atoms with Crippen LogP contribution in [0.4, 0.5) is 19.0 Å². The van der Waals surface area contributed by atoms with E-state index in [0.717, 1.165) is 36.7 Å². The number of pyridine rings is 1. The number of hydrogen-bond donors (Lipinski definition) is 1.